The molecule has 1 aromatic carbocycles. The first-order valence-corrected chi connectivity index (χ1v) is 7.07. The lowest BCUT2D eigenvalue weighted by molar-refractivity contribution is -0.133. The van der Waals surface area contributed by atoms with Crippen LogP contribution >= 0.6 is 15.9 Å². The molecule has 0 bridgehead atoms. The zero-order valence-electron chi connectivity index (χ0n) is 11.9. The van der Waals surface area contributed by atoms with Crippen molar-refractivity contribution in [3.8, 4) is 5.75 Å². The lowest BCUT2D eigenvalue weighted by atomic mass is 10.2. The molecule has 1 amide bonds. The van der Waals surface area contributed by atoms with Crippen molar-refractivity contribution in [2.45, 2.75) is 26.4 Å². The van der Waals surface area contributed by atoms with Gasteiger partial charge in [0, 0.05) is 25.2 Å². The number of hydrogen-bond donors (Lipinski definition) is 1. The molecule has 4 nitrogen and oxygen atoms in total. The zero-order chi connectivity index (χ0) is 14.4. The van der Waals surface area contributed by atoms with Gasteiger partial charge in [-0.05, 0) is 42.9 Å². The first kappa shape index (κ1) is 16.0. The number of nitrogens with one attached hydrogen (secondary N) is 1. The number of hydrogen-bond acceptors (Lipinski definition) is 3. The summed E-state index contributed by atoms with van der Waals surface area (Å²) in [6, 6.07) is 6.01. The summed E-state index contributed by atoms with van der Waals surface area (Å²) in [7, 11) is 3.66. The molecule has 0 unspecified atom stereocenters. The molecule has 1 aromatic rings. The van der Waals surface area contributed by atoms with E-state index in [1.807, 2.05) is 39.1 Å². The molecule has 0 fully saturated rings. The predicted octanol–water partition coefficient (Wildman–Crippen LogP) is 2.41. The van der Waals surface area contributed by atoms with Gasteiger partial charge in [0.1, 0.15) is 5.75 Å². The molecule has 0 spiro atoms. The maximum absolute atomic E-state index is 11.9. The third kappa shape index (κ3) is 4.51. The maximum atomic E-state index is 11.9. The fraction of sp³-hybridized carbons (Fsp3) is 0.500. The normalized spacial score (nSPS) is 10.6. The molecule has 0 aliphatic carbocycles. The Morgan fingerprint density at radius 3 is 2.74 bits per heavy atom. The van der Waals surface area contributed by atoms with Crippen LogP contribution in [0.4, 0.5) is 0 Å². The molecule has 0 heterocycles. The number of halogens is 1. The van der Waals surface area contributed by atoms with Gasteiger partial charge >= 0.3 is 0 Å². The number of benzene rings is 1. The highest BCUT2D eigenvalue weighted by Gasteiger charge is 2.14. The minimum absolute atomic E-state index is 0.0267. The second-order valence-electron chi connectivity index (χ2n) is 4.65. The number of ether oxygens (including phenoxy) is 1. The standard InChI is InChI=1S/C14H21BrN2O2/c1-10(2)17(4)13(18)9-19-14-11(8-16-3)6-5-7-12(14)15/h5-7,10,16H,8-9H2,1-4H3. The Morgan fingerprint density at radius 1 is 1.47 bits per heavy atom. The van der Waals surface area contributed by atoms with Crippen LogP contribution < -0.4 is 10.1 Å². The van der Waals surface area contributed by atoms with E-state index in [1.54, 1.807) is 11.9 Å². The minimum Gasteiger partial charge on any atom is -0.482 e. The summed E-state index contributed by atoms with van der Waals surface area (Å²) in [6.07, 6.45) is 0. The van der Waals surface area contributed by atoms with Gasteiger partial charge in [-0.15, -0.1) is 0 Å². The molecule has 0 saturated carbocycles. The van der Waals surface area contributed by atoms with E-state index in [-0.39, 0.29) is 18.6 Å². The van der Waals surface area contributed by atoms with Crippen molar-refractivity contribution in [1.82, 2.24) is 10.2 Å². The topological polar surface area (TPSA) is 41.6 Å². The van der Waals surface area contributed by atoms with Crippen LogP contribution in [0.15, 0.2) is 22.7 Å². The van der Waals surface area contributed by atoms with E-state index < -0.39 is 0 Å². The van der Waals surface area contributed by atoms with Gasteiger partial charge in [-0.25, -0.2) is 0 Å². The van der Waals surface area contributed by atoms with Gasteiger partial charge in [-0.1, -0.05) is 12.1 Å². The van der Waals surface area contributed by atoms with Crippen LogP contribution in [0.3, 0.4) is 0 Å². The molecule has 5 heteroatoms. The predicted molar refractivity (Wildman–Crippen MR) is 80.3 cm³/mol. The highest BCUT2D eigenvalue weighted by Crippen LogP contribution is 2.29. The number of likely N-dealkylation sites (N-methyl/N-ethyl adjacent to an activating group) is 1. The van der Waals surface area contributed by atoms with Crippen molar-refractivity contribution in [3.63, 3.8) is 0 Å². The minimum atomic E-state index is -0.0267. The molecule has 19 heavy (non-hydrogen) atoms. The number of nitrogens with zero attached hydrogens (tertiary/aromatic N) is 1. The summed E-state index contributed by atoms with van der Waals surface area (Å²) in [6.45, 7) is 4.70. The molecular weight excluding hydrogens is 308 g/mol. The van der Waals surface area contributed by atoms with Crippen molar-refractivity contribution in [2.75, 3.05) is 20.7 Å². The fourth-order valence-electron chi connectivity index (χ4n) is 1.57. The summed E-state index contributed by atoms with van der Waals surface area (Å²) in [5, 5.41) is 3.08. The lowest BCUT2D eigenvalue weighted by Gasteiger charge is -2.22. The molecule has 106 valence electrons. The van der Waals surface area contributed by atoms with Gasteiger partial charge in [0.25, 0.3) is 5.91 Å². The van der Waals surface area contributed by atoms with Gasteiger partial charge in [0.2, 0.25) is 0 Å². The Bertz CT molecular complexity index is 435. The quantitative estimate of drug-likeness (QED) is 0.871. The molecule has 0 atom stereocenters. The number of para-hydroxylation sites is 1. The molecule has 1 N–H and O–H groups in total. The molecule has 0 saturated heterocycles. The number of carbonyl (C=O) groups excluding carboxylic acids is 1. The monoisotopic (exact) mass is 328 g/mol. The summed E-state index contributed by atoms with van der Waals surface area (Å²) in [5.41, 5.74) is 1.02. The van der Waals surface area contributed by atoms with Gasteiger partial charge in [0.05, 0.1) is 4.47 Å². The summed E-state index contributed by atoms with van der Waals surface area (Å²) in [4.78, 5) is 13.6. The van der Waals surface area contributed by atoms with E-state index in [4.69, 9.17) is 4.74 Å². The van der Waals surface area contributed by atoms with E-state index in [0.29, 0.717) is 6.54 Å². The Kier molecular flexibility index (Phi) is 6.31. The number of amides is 1. The van der Waals surface area contributed by atoms with E-state index in [1.165, 1.54) is 0 Å². The first-order chi connectivity index (χ1) is 8.97. The number of rotatable bonds is 6. The van der Waals surface area contributed by atoms with E-state index in [9.17, 15) is 4.79 Å². The Labute approximate surface area is 123 Å². The Morgan fingerprint density at radius 2 is 2.16 bits per heavy atom. The third-order valence-electron chi connectivity index (χ3n) is 2.92. The maximum Gasteiger partial charge on any atom is 0.260 e. The van der Waals surface area contributed by atoms with Crippen LogP contribution in [-0.2, 0) is 11.3 Å². The summed E-state index contributed by atoms with van der Waals surface area (Å²) in [5.74, 6) is 0.698. The van der Waals surface area contributed by atoms with Gasteiger partial charge in [-0.3, -0.25) is 4.79 Å². The average Bonchev–Trinajstić information content (AvgIpc) is 2.37. The highest BCUT2D eigenvalue weighted by atomic mass is 79.9. The number of carbonyl (C=O) groups is 1. The Hall–Kier alpha value is -1.07. The fourth-order valence-corrected chi connectivity index (χ4v) is 2.09. The van der Waals surface area contributed by atoms with Crippen LogP contribution in [0.2, 0.25) is 0 Å². The largest absolute Gasteiger partial charge is 0.482 e. The second kappa shape index (κ2) is 7.50. The summed E-state index contributed by atoms with van der Waals surface area (Å²) < 4.78 is 6.54. The van der Waals surface area contributed by atoms with Crippen LogP contribution in [0.5, 0.6) is 5.75 Å². The van der Waals surface area contributed by atoms with Gasteiger partial charge < -0.3 is 15.0 Å². The van der Waals surface area contributed by atoms with Crippen LogP contribution in [0.25, 0.3) is 0 Å². The SMILES string of the molecule is CNCc1cccc(Br)c1OCC(=O)N(C)C(C)C. The van der Waals surface area contributed by atoms with Crippen LogP contribution in [-0.4, -0.2) is 37.6 Å². The van der Waals surface area contributed by atoms with Crippen molar-refractivity contribution >= 4 is 21.8 Å². The molecule has 1 rings (SSSR count). The molecular formula is C14H21BrN2O2. The van der Waals surface area contributed by atoms with Crippen molar-refractivity contribution in [3.05, 3.63) is 28.2 Å². The van der Waals surface area contributed by atoms with E-state index in [0.717, 1.165) is 15.8 Å². The van der Waals surface area contributed by atoms with Crippen molar-refractivity contribution in [1.29, 1.82) is 0 Å². The van der Waals surface area contributed by atoms with E-state index >= 15 is 0 Å². The zero-order valence-corrected chi connectivity index (χ0v) is 13.5. The summed E-state index contributed by atoms with van der Waals surface area (Å²) >= 11 is 3.46. The van der Waals surface area contributed by atoms with Crippen LogP contribution in [0, 0.1) is 0 Å². The van der Waals surface area contributed by atoms with Crippen LogP contribution in [0.1, 0.15) is 19.4 Å². The molecule has 0 aliphatic heterocycles. The molecule has 0 aliphatic rings. The third-order valence-corrected chi connectivity index (χ3v) is 3.55. The first-order valence-electron chi connectivity index (χ1n) is 6.27. The van der Waals surface area contributed by atoms with Gasteiger partial charge in [0.15, 0.2) is 6.61 Å². The van der Waals surface area contributed by atoms with E-state index in [2.05, 4.69) is 21.2 Å². The van der Waals surface area contributed by atoms with Crippen molar-refractivity contribution < 1.29 is 9.53 Å². The lowest BCUT2D eigenvalue weighted by Crippen LogP contribution is -2.36. The average molecular weight is 329 g/mol. The van der Waals surface area contributed by atoms with Gasteiger partial charge in [-0.2, -0.15) is 0 Å². The van der Waals surface area contributed by atoms with Crippen molar-refractivity contribution in [2.24, 2.45) is 0 Å². The highest BCUT2D eigenvalue weighted by molar-refractivity contribution is 9.10. The Balaban J connectivity index is 2.74. The second-order valence-corrected chi connectivity index (χ2v) is 5.50. The smallest absolute Gasteiger partial charge is 0.260 e. The molecule has 0 radical (unpaired) electrons. The molecule has 0 aromatic heterocycles.